The number of halogens is 2. The summed E-state index contributed by atoms with van der Waals surface area (Å²) in [6, 6.07) is 4.68. The molecule has 0 aliphatic carbocycles. The Morgan fingerprint density at radius 2 is 2.05 bits per heavy atom. The zero-order chi connectivity index (χ0) is 15.5. The quantitative estimate of drug-likeness (QED) is 0.615. The second-order valence-corrected chi connectivity index (χ2v) is 5.08. The summed E-state index contributed by atoms with van der Waals surface area (Å²) in [5.41, 5.74) is 0.268. The molecule has 0 aromatic heterocycles. The van der Waals surface area contributed by atoms with Gasteiger partial charge in [-0.3, -0.25) is 0 Å². The van der Waals surface area contributed by atoms with E-state index in [1.807, 2.05) is 0 Å². The highest BCUT2D eigenvalue weighted by atomic mass is 35.5. The molecule has 1 aromatic carbocycles. The molecule has 21 heavy (non-hydrogen) atoms. The molecule has 120 valence electrons. The lowest BCUT2D eigenvalue weighted by molar-refractivity contribution is 0.00748. The molecule has 1 atom stereocenters. The molecule has 6 heteroatoms. The van der Waals surface area contributed by atoms with Gasteiger partial charge in [-0.1, -0.05) is 31.0 Å². The molecule has 4 nitrogen and oxygen atoms in total. The van der Waals surface area contributed by atoms with Crippen molar-refractivity contribution in [1.29, 1.82) is 0 Å². The lowest BCUT2D eigenvalue weighted by Crippen LogP contribution is -2.26. The van der Waals surface area contributed by atoms with Gasteiger partial charge in [0.15, 0.2) is 5.82 Å². The predicted octanol–water partition coefficient (Wildman–Crippen LogP) is 3.09. The van der Waals surface area contributed by atoms with Crippen molar-refractivity contribution in [3.63, 3.8) is 0 Å². The Hall–Kier alpha value is -0.880. The van der Waals surface area contributed by atoms with Crippen LogP contribution in [0.4, 0.5) is 10.1 Å². The van der Waals surface area contributed by atoms with E-state index in [-0.39, 0.29) is 23.9 Å². The SMILES string of the molecule is CCCCOCCOCC(O)CNc1cccc(Cl)c1F. The molecule has 0 amide bonds. The molecule has 0 saturated carbocycles. The largest absolute Gasteiger partial charge is 0.389 e. The van der Waals surface area contributed by atoms with E-state index >= 15 is 0 Å². The first-order valence-corrected chi connectivity index (χ1v) is 7.54. The molecule has 0 fully saturated rings. The van der Waals surface area contributed by atoms with Crippen LogP contribution in [0.25, 0.3) is 0 Å². The summed E-state index contributed by atoms with van der Waals surface area (Å²) in [7, 11) is 0. The van der Waals surface area contributed by atoms with Crippen LogP contribution in [0.3, 0.4) is 0 Å². The number of unbranched alkanes of at least 4 members (excludes halogenated alkanes) is 1. The van der Waals surface area contributed by atoms with E-state index in [0.29, 0.717) is 13.2 Å². The first-order chi connectivity index (χ1) is 10.1. The fourth-order valence-electron chi connectivity index (χ4n) is 1.61. The highest BCUT2D eigenvalue weighted by molar-refractivity contribution is 6.31. The predicted molar refractivity (Wildman–Crippen MR) is 82.5 cm³/mol. The molecule has 0 heterocycles. The van der Waals surface area contributed by atoms with Crippen LogP contribution in [0.5, 0.6) is 0 Å². The zero-order valence-corrected chi connectivity index (χ0v) is 13.0. The number of nitrogens with one attached hydrogen (secondary N) is 1. The number of benzene rings is 1. The number of anilines is 1. The summed E-state index contributed by atoms with van der Waals surface area (Å²) in [6.07, 6.45) is 1.42. The smallest absolute Gasteiger partial charge is 0.164 e. The van der Waals surface area contributed by atoms with Gasteiger partial charge in [0.25, 0.3) is 0 Å². The first-order valence-electron chi connectivity index (χ1n) is 7.16. The van der Waals surface area contributed by atoms with Crippen LogP contribution in [0, 0.1) is 5.82 Å². The summed E-state index contributed by atoms with van der Waals surface area (Å²) in [4.78, 5) is 0. The summed E-state index contributed by atoms with van der Waals surface area (Å²) in [5.74, 6) is -0.517. The van der Waals surface area contributed by atoms with Crippen LogP contribution in [-0.2, 0) is 9.47 Å². The van der Waals surface area contributed by atoms with Crippen LogP contribution in [0.1, 0.15) is 19.8 Å². The molecule has 1 unspecified atom stereocenters. The Bertz CT molecular complexity index is 407. The Labute approximate surface area is 130 Å². The molecule has 1 aromatic rings. The van der Waals surface area contributed by atoms with E-state index in [1.54, 1.807) is 12.1 Å². The maximum Gasteiger partial charge on any atom is 0.164 e. The molecular weight excluding hydrogens is 297 g/mol. The average molecular weight is 320 g/mol. The number of ether oxygens (including phenoxy) is 2. The molecule has 0 spiro atoms. The van der Waals surface area contributed by atoms with E-state index < -0.39 is 11.9 Å². The zero-order valence-electron chi connectivity index (χ0n) is 12.3. The van der Waals surface area contributed by atoms with Crippen molar-refractivity contribution in [2.45, 2.75) is 25.9 Å². The average Bonchev–Trinajstić information content (AvgIpc) is 2.48. The lowest BCUT2D eigenvalue weighted by atomic mass is 10.3. The van der Waals surface area contributed by atoms with Crippen molar-refractivity contribution < 1.29 is 19.0 Å². The summed E-state index contributed by atoms with van der Waals surface area (Å²) in [6.45, 7) is 4.15. The van der Waals surface area contributed by atoms with Crippen molar-refractivity contribution >= 4 is 17.3 Å². The van der Waals surface area contributed by atoms with Crippen molar-refractivity contribution in [2.24, 2.45) is 0 Å². The minimum absolute atomic E-state index is 0.0509. The number of aliphatic hydroxyl groups excluding tert-OH is 1. The fraction of sp³-hybridized carbons (Fsp3) is 0.600. The summed E-state index contributed by atoms with van der Waals surface area (Å²) in [5, 5.41) is 12.6. The van der Waals surface area contributed by atoms with Crippen molar-refractivity contribution in [1.82, 2.24) is 0 Å². The molecule has 0 aliphatic rings. The normalized spacial score (nSPS) is 12.4. The molecular formula is C15H23ClFNO3. The van der Waals surface area contributed by atoms with Gasteiger partial charge < -0.3 is 19.9 Å². The van der Waals surface area contributed by atoms with E-state index in [2.05, 4.69) is 12.2 Å². The Balaban J connectivity index is 2.11. The molecule has 1 rings (SSSR count). The van der Waals surface area contributed by atoms with E-state index in [4.69, 9.17) is 21.1 Å². The molecule has 0 radical (unpaired) electrons. The Kier molecular flexibility index (Phi) is 9.34. The number of rotatable bonds is 11. The number of aliphatic hydroxyl groups is 1. The Morgan fingerprint density at radius 1 is 1.29 bits per heavy atom. The first kappa shape index (κ1) is 18.2. The van der Waals surface area contributed by atoms with Gasteiger partial charge in [0.2, 0.25) is 0 Å². The highest BCUT2D eigenvalue weighted by Gasteiger charge is 2.08. The van der Waals surface area contributed by atoms with Gasteiger partial charge >= 0.3 is 0 Å². The van der Waals surface area contributed by atoms with Crippen LogP contribution < -0.4 is 5.32 Å². The molecule has 0 bridgehead atoms. The van der Waals surface area contributed by atoms with Crippen molar-refractivity contribution in [3.05, 3.63) is 29.0 Å². The third kappa shape index (κ3) is 7.62. The van der Waals surface area contributed by atoms with Gasteiger partial charge in [0, 0.05) is 13.2 Å². The Morgan fingerprint density at radius 3 is 2.81 bits per heavy atom. The third-order valence-electron chi connectivity index (χ3n) is 2.80. The lowest BCUT2D eigenvalue weighted by Gasteiger charge is -2.14. The monoisotopic (exact) mass is 319 g/mol. The van der Waals surface area contributed by atoms with Crippen LogP contribution >= 0.6 is 11.6 Å². The highest BCUT2D eigenvalue weighted by Crippen LogP contribution is 2.21. The maximum atomic E-state index is 13.6. The summed E-state index contributed by atoms with van der Waals surface area (Å²) >= 11 is 5.67. The standard InChI is InChI=1S/C15H23ClFNO3/c1-2-3-7-20-8-9-21-11-12(19)10-18-14-6-4-5-13(16)15(14)17/h4-6,12,18-19H,2-3,7-11H2,1H3. The molecule has 0 saturated heterocycles. The second kappa shape index (κ2) is 10.8. The maximum absolute atomic E-state index is 13.6. The van der Waals surface area contributed by atoms with Gasteiger partial charge in [-0.15, -0.1) is 0 Å². The fourth-order valence-corrected chi connectivity index (χ4v) is 1.79. The van der Waals surface area contributed by atoms with Gasteiger partial charge in [-0.2, -0.15) is 0 Å². The number of hydrogen-bond donors (Lipinski definition) is 2. The van der Waals surface area contributed by atoms with Gasteiger partial charge in [-0.05, 0) is 18.6 Å². The minimum Gasteiger partial charge on any atom is -0.389 e. The second-order valence-electron chi connectivity index (χ2n) is 4.68. The number of hydrogen-bond acceptors (Lipinski definition) is 4. The third-order valence-corrected chi connectivity index (χ3v) is 3.10. The van der Waals surface area contributed by atoms with Crippen LogP contribution in [-0.4, -0.2) is 44.2 Å². The van der Waals surface area contributed by atoms with Crippen LogP contribution in [0.2, 0.25) is 5.02 Å². The van der Waals surface area contributed by atoms with E-state index in [9.17, 15) is 9.50 Å². The van der Waals surface area contributed by atoms with Gasteiger partial charge in [0.1, 0.15) is 0 Å². The molecule has 0 aliphatic heterocycles. The van der Waals surface area contributed by atoms with Crippen molar-refractivity contribution in [2.75, 3.05) is 38.3 Å². The van der Waals surface area contributed by atoms with Gasteiger partial charge in [-0.25, -0.2) is 4.39 Å². The summed E-state index contributed by atoms with van der Waals surface area (Å²) < 4.78 is 24.2. The molecule has 2 N–H and O–H groups in total. The van der Waals surface area contributed by atoms with E-state index in [0.717, 1.165) is 19.4 Å². The minimum atomic E-state index is -0.723. The van der Waals surface area contributed by atoms with Gasteiger partial charge in [0.05, 0.1) is 36.6 Å². The van der Waals surface area contributed by atoms with E-state index in [1.165, 1.54) is 6.07 Å². The topological polar surface area (TPSA) is 50.7 Å². The van der Waals surface area contributed by atoms with Crippen LogP contribution in [0.15, 0.2) is 18.2 Å². The van der Waals surface area contributed by atoms with Crippen molar-refractivity contribution in [3.8, 4) is 0 Å².